The zero-order valence-corrected chi connectivity index (χ0v) is 11.1. The van der Waals surface area contributed by atoms with Crippen molar-refractivity contribution >= 4 is 5.91 Å². The minimum Gasteiger partial charge on any atom is -0.481 e. The number of carbonyl (C=O) groups is 1. The van der Waals surface area contributed by atoms with E-state index in [2.05, 4.69) is 22.2 Å². The zero-order chi connectivity index (χ0) is 14.1. The van der Waals surface area contributed by atoms with Gasteiger partial charge in [0.05, 0.1) is 13.2 Å². The molecule has 1 aromatic rings. The molecule has 1 amide bonds. The van der Waals surface area contributed by atoms with Gasteiger partial charge in [0.1, 0.15) is 12.4 Å². The summed E-state index contributed by atoms with van der Waals surface area (Å²) in [6, 6.07) is 6.75. The van der Waals surface area contributed by atoms with E-state index in [-0.39, 0.29) is 5.91 Å². The van der Waals surface area contributed by atoms with E-state index < -0.39 is 6.04 Å². The van der Waals surface area contributed by atoms with Crippen LogP contribution in [-0.4, -0.2) is 25.7 Å². The first-order valence-corrected chi connectivity index (χ1v) is 5.87. The van der Waals surface area contributed by atoms with E-state index in [0.29, 0.717) is 13.0 Å². The van der Waals surface area contributed by atoms with Crippen LogP contribution >= 0.6 is 0 Å². The highest BCUT2D eigenvalue weighted by Gasteiger charge is 2.13. The standard InChI is InChI=1S/C14H18N2O3/c1-3-4-9-19-12-7-5-11(6-8-12)10-13(15)14(17)16-18-2/h5-8,13H,9-10,15H2,1-2H3,(H,16,17)/t13-/m0/s1. The van der Waals surface area contributed by atoms with Crippen LogP contribution in [0.15, 0.2) is 24.3 Å². The lowest BCUT2D eigenvalue weighted by molar-refractivity contribution is -0.132. The lowest BCUT2D eigenvalue weighted by Gasteiger charge is -2.11. The van der Waals surface area contributed by atoms with Crippen molar-refractivity contribution in [3.63, 3.8) is 0 Å². The molecule has 0 fully saturated rings. The van der Waals surface area contributed by atoms with Crippen molar-refractivity contribution in [3.05, 3.63) is 29.8 Å². The van der Waals surface area contributed by atoms with Crippen LogP contribution in [0.25, 0.3) is 0 Å². The molecular formula is C14H18N2O3. The van der Waals surface area contributed by atoms with E-state index in [9.17, 15) is 4.79 Å². The summed E-state index contributed by atoms with van der Waals surface area (Å²) in [5.41, 5.74) is 8.89. The van der Waals surface area contributed by atoms with Gasteiger partial charge >= 0.3 is 0 Å². The van der Waals surface area contributed by atoms with E-state index in [4.69, 9.17) is 10.5 Å². The molecular weight excluding hydrogens is 244 g/mol. The average Bonchev–Trinajstić information content (AvgIpc) is 2.41. The molecule has 0 spiro atoms. The highest BCUT2D eigenvalue weighted by Crippen LogP contribution is 2.13. The van der Waals surface area contributed by atoms with Crippen LogP contribution < -0.4 is 16.0 Å². The minimum atomic E-state index is -0.641. The van der Waals surface area contributed by atoms with Gasteiger partial charge in [-0.2, -0.15) is 0 Å². The maximum atomic E-state index is 11.4. The van der Waals surface area contributed by atoms with E-state index in [0.717, 1.165) is 11.3 Å². The summed E-state index contributed by atoms with van der Waals surface area (Å²) in [4.78, 5) is 15.9. The SMILES string of the molecule is CC#CCOc1ccc(C[C@H](N)C(=O)NOC)cc1. The Morgan fingerprint density at radius 2 is 2.11 bits per heavy atom. The Kier molecular flexibility index (Phi) is 6.44. The summed E-state index contributed by atoms with van der Waals surface area (Å²) in [5, 5.41) is 0. The van der Waals surface area contributed by atoms with E-state index in [1.807, 2.05) is 24.3 Å². The Hall–Kier alpha value is -2.03. The molecule has 5 heteroatoms. The first kappa shape index (κ1) is 15.0. The van der Waals surface area contributed by atoms with Crippen molar-refractivity contribution in [2.45, 2.75) is 19.4 Å². The van der Waals surface area contributed by atoms with E-state index >= 15 is 0 Å². The third kappa shape index (κ3) is 5.42. The second-order valence-corrected chi connectivity index (χ2v) is 3.84. The second kappa shape index (κ2) is 8.14. The number of nitrogens with one attached hydrogen (secondary N) is 1. The predicted octanol–water partition coefficient (Wildman–Crippen LogP) is 0.636. The number of hydrogen-bond acceptors (Lipinski definition) is 4. The summed E-state index contributed by atoms with van der Waals surface area (Å²) in [6.45, 7) is 2.13. The largest absolute Gasteiger partial charge is 0.481 e. The molecule has 0 aliphatic carbocycles. The maximum Gasteiger partial charge on any atom is 0.260 e. The van der Waals surface area contributed by atoms with Crippen LogP contribution in [0.2, 0.25) is 0 Å². The monoisotopic (exact) mass is 262 g/mol. The molecule has 102 valence electrons. The molecule has 0 saturated heterocycles. The molecule has 3 N–H and O–H groups in total. The normalized spacial score (nSPS) is 11.1. The number of carbonyl (C=O) groups excluding carboxylic acids is 1. The predicted molar refractivity (Wildman–Crippen MR) is 72.2 cm³/mol. The molecule has 0 aromatic heterocycles. The van der Waals surface area contributed by atoms with Crippen LogP contribution in [-0.2, 0) is 16.1 Å². The van der Waals surface area contributed by atoms with Gasteiger partial charge in [-0.25, -0.2) is 5.48 Å². The number of hydroxylamine groups is 1. The molecule has 0 aliphatic heterocycles. The Balaban J connectivity index is 2.51. The van der Waals surface area contributed by atoms with Crippen molar-refractivity contribution in [2.24, 2.45) is 5.73 Å². The summed E-state index contributed by atoms with van der Waals surface area (Å²) in [5.74, 6) is 5.96. The lowest BCUT2D eigenvalue weighted by atomic mass is 10.1. The molecule has 0 saturated carbocycles. The van der Waals surface area contributed by atoms with Gasteiger partial charge in [-0.1, -0.05) is 18.1 Å². The molecule has 1 atom stereocenters. The Labute approximate surface area is 113 Å². The fraction of sp³-hybridized carbons (Fsp3) is 0.357. The Morgan fingerprint density at radius 3 is 2.68 bits per heavy atom. The molecule has 1 aromatic carbocycles. The minimum absolute atomic E-state index is 0.346. The van der Waals surface area contributed by atoms with Gasteiger partial charge in [0.15, 0.2) is 0 Å². The molecule has 19 heavy (non-hydrogen) atoms. The second-order valence-electron chi connectivity index (χ2n) is 3.84. The summed E-state index contributed by atoms with van der Waals surface area (Å²) in [7, 11) is 1.37. The number of ether oxygens (including phenoxy) is 1. The fourth-order valence-corrected chi connectivity index (χ4v) is 1.44. The van der Waals surface area contributed by atoms with Crippen molar-refractivity contribution in [1.82, 2.24) is 5.48 Å². The molecule has 0 heterocycles. The van der Waals surface area contributed by atoms with Crippen molar-refractivity contribution in [2.75, 3.05) is 13.7 Å². The van der Waals surface area contributed by atoms with Crippen LogP contribution in [0, 0.1) is 11.8 Å². The van der Waals surface area contributed by atoms with Gasteiger partial charge in [0.25, 0.3) is 5.91 Å². The van der Waals surface area contributed by atoms with E-state index in [1.54, 1.807) is 6.92 Å². The first-order valence-electron chi connectivity index (χ1n) is 5.87. The van der Waals surface area contributed by atoms with Gasteiger partial charge < -0.3 is 10.5 Å². The fourth-order valence-electron chi connectivity index (χ4n) is 1.44. The van der Waals surface area contributed by atoms with Crippen LogP contribution in [0.1, 0.15) is 12.5 Å². The number of nitrogens with two attached hydrogens (primary N) is 1. The van der Waals surface area contributed by atoms with Gasteiger partial charge in [0, 0.05) is 0 Å². The molecule has 0 radical (unpaired) electrons. The zero-order valence-electron chi connectivity index (χ0n) is 11.1. The quantitative estimate of drug-likeness (QED) is 0.583. The van der Waals surface area contributed by atoms with Crippen molar-refractivity contribution < 1.29 is 14.4 Å². The van der Waals surface area contributed by atoms with Crippen LogP contribution in [0.5, 0.6) is 5.75 Å². The lowest BCUT2D eigenvalue weighted by Crippen LogP contribution is -2.41. The van der Waals surface area contributed by atoms with Crippen molar-refractivity contribution in [3.8, 4) is 17.6 Å². The van der Waals surface area contributed by atoms with Crippen LogP contribution in [0.4, 0.5) is 0 Å². The van der Waals surface area contributed by atoms with Gasteiger partial charge in [-0.05, 0) is 31.0 Å². The van der Waals surface area contributed by atoms with Crippen molar-refractivity contribution in [1.29, 1.82) is 0 Å². The molecule has 5 nitrogen and oxygen atoms in total. The molecule has 0 aliphatic rings. The maximum absolute atomic E-state index is 11.4. The summed E-state index contributed by atoms with van der Waals surface area (Å²) < 4.78 is 5.39. The average molecular weight is 262 g/mol. The highest BCUT2D eigenvalue weighted by molar-refractivity contribution is 5.80. The van der Waals surface area contributed by atoms with E-state index in [1.165, 1.54) is 7.11 Å². The Morgan fingerprint density at radius 1 is 1.42 bits per heavy atom. The third-order valence-electron chi connectivity index (χ3n) is 2.41. The topological polar surface area (TPSA) is 73.6 Å². The van der Waals surface area contributed by atoms with Gasteiger partial charge in [-0.3, -0.25) is 9.63 Å². The number of rotatable bonds is 6. The third-order valence-corrected chi connectivity index (χ3v) is 2.41. The summed E-state index contributed by atoms with van der Waals surface area (Å²) >= 11 is 0. The van der Waals surface area contributed by atoms with Gasteiger partial charge in [0.2, 0.25) is 0 Å². The molecule has 0 unspecified atom stereocenters. The molecule has 1 rings (SSSR count). The number of hydrogen-bond donors (Lipinski definition) is 2. The van der Waals surface area contributed by atoms with Crippen LogP contribution in [0.3, 0.4) is 0 Å². The smallest absolute Gasteiger partial charge is 0.260 e. The number of amides is 1. The Bertz CT molecular complexity index is 460. The van der Waals surface area contributed by atoms with Gasteiger partial charge in [-0.15, -0.1) is 5.92 Å². The number of benzene rings is 1. The molecule has 0 bridgehead atoms. The highest BCUT2D eigenvalue weighted by atomic mass is 16.6. The first-order chi connectivity index (χ1) is 9.17. The summed E-state index contributed by atoms with van der Waals surface area (Å²) in [6.07, 6.45) is 0.435.